The predicted molar refractivity (Wildman–Crippen MR) is 229 cm³/mol. The monoisotopic (exact) mass is 763 g/mol. The predicted octanol–water partition coefficient (Wildman–Crippen LogP) is 15.0. The smallest absolute Gasteiger partial charge is 0.306 e. The first-order chi connectivity index (χ1) is 26.5. The highest BCUT2D eigenvalue weighted by Gasteiger charge is 2.19. The van der Waals surface area contributed by atoms with E-state index in [1.807, 2.05) is 0 Å². The molecular formula is C48H90O6. The van der Waals surface area contributed by atoms with Gasteiger partial charge in [-0.15, -0.1) is 0 Å². The largest absolute Gasteiger partial charge is 0.462 e. The van der Waals surface area contributed by atoms with Crippen molar-refractivity contribution in [2.75, 3.05) is 13.2 Å². The van der Waals surface area contributed by atoms with E-state index in [-0.39, 0.29) is 31.1 Å². The van der Waals surface area contributed by atoms with Crippen LogP contribution in [0.1, 0.15) is 258 Å². The van der Waals surface area contributed by atoms with Crippen LogP contribution in [0.3, 0.4) is 0 Å². The van der Waals surface area contributed by atoms with Crippen molar-refractivity contribution < 1.29 is 28.6 Å². The number of esters is 3. The molecule has 0 saturated carbocycles. The third kappa shape index (κ3) is 41.3. The molecule has 54 heavy (non-hydrogen) atoms. The number of carbonyl (C=O) groups is 3. The van der Waals surface area contributed by atoms with E-state index in [1.54, 1.807) is 0 Å². The van der Waals surface area contributed by atoms with Crippen LogP contribution >= 0.6 is 0 Å². The summed E-state index contributed by atoms with van der Waals surface area (Å²) >= 11 is 0. The maximum atomic E-state index is 12.7. The van der Waals surface area contributed by atoms with Crippen molar-refractivity contribution in [3.8, 4) is 0 Å². The highest BCUT2D eigenvalue weighted by Crippen LogP contribution is 2.15. The number of hydrogen-bond donors (Lipinski definition) is 0. The Bertz CT molecular complexity index is 839. The zero-order chi connectivity index (χ0) is 39.4. The molecule has 0 aliphatic carbocycles. The van der Waals surface area contributed by atoms with Crippen molar-refractivity contribution in [1.82, 2.24) is 0 Å². The quantitative estimate of drug-likeness (QED) is 0.0266. The van der Waals surface area contributed by atoms with E-state index in [0.717, 1.165) is 57.8 Å². The summed E-state index contributed by atoms with van der Waals surface area (Å²) < 4.78 is 16.7. The minimum atomic E-state index is -0.762. The molecule has 0 rings (SSSR count). The molecule has 0 radical (unpaired) electrons. The molecule has 0 aromatic carbocycles. The van der Waals surface area contributed by atoms with Crippen molar-refractivity contribution in [1.29, 1.82) is 0 Å². The Morgan fingerprint density at radius 1 is 0.352 bits per heavy atom. The Kier molecular flexibility index (Phi) is 42.4. The zero-order valence-corrected chi connectivity index (χ0v) is 36.3. The van der Waals surface area contributed by atoms with Gasteiger partial charge < -0.3 is 14.2 Å². The van der Waals surface area contributed by atoms with Crippen LogP contribution in [0, 0.1) is 0 Å². The topological polar surface area (TPSA) is 78.9 Å². The van der Waals surface area contributed by atoms with Gasteiger partial charge in [0.15, 0.2) is 6.10 Å². The lowest BCUT2D eigenvalue weighted by molar-refractivity contribution is -0.167. The highest BCUT2D eigenvalue weighted by molar-refractivity contribution is 5.71. The molecule has 0 amide bonds. The Hall–Kier alpha value is -1.85. The number of allylic oxidation sites excluding steroid dienone is 2. The number of carbonyl (C=O) groups excluding carboxylic acids is 3. The first kappa shape index (κ1) is 52.2. The van der Waals surface area contributed by atoms with Gasteiger partial charge in [-0.3, -0.25) is 14.4 Å². The summed E-state index contributed by atoms with van der Waals surface area (Å²) in [6, 6.07) is 0. The van der Waals surface area contributed by atoms with Gasteiger partial charge in [0.05, 0.1) is 0 Å². The van der Waals surface area contributed by atoms with Gasteiger partial charge in [0, 0.05) is 19.3 Å². The van der Waals surface area contributed by atoms with Gasteiger partial charge >= 0.3 is 17.9 Å². The minimum absolute atomic E-state index is 0.0672. The Morgan fingerprint density at radius 3 is 0.926 bits per heavy atom. The van der Waals surface area contributed by atoms with Gasteiger partial charge in [-0.2, -0.15) is 0 Å². The maximum Gasteiger partial charge on any atom is 0.306 e. The van der Waals surface area contributed by atoms with E-state index in [9.17, 15) is 14.4 Å². The molecule has 0 bridgehead atoms. The third-order valence-electron chi connectivity index (χ3n) is 10.5. The van der Waals surface area contributed by atoms with Crippen LogP contribution in [-0.4, -0.2) is 37.2 Å². The lowest BCUT2D eigenvalue weighted by Gasteiger charge is -2.18. The number of unbranched alkanes of at least 4 members (excludes halogenated alkanes) is 30. The molecular weight excluding hydrogens is 673 g/mol. The molecule has 0 fully saturated rings. The van der Waals surface area contributed by atoms with Gasteiger partial charge in [-0.1, -0.05) is 206 Å². The van der Waals surface area contributed by atoms with Crippen LogP contribution in [0.25, 0.3) is 0 Å². The van der Waals surface area contributed by atoms with E-state index in [0.29, 0.717) is 19.3 Å². The van der Waals surface area contributed by atoms with Crippen molar-refractivity contribution >= 4 is 17.9 Å². The fourth-order valence-corrected chi connectivity index (χ4v) is 6.91. The van der Waals surface area contributed by atoms with E-state index >= 15 is 0 Å². The summed E-state index contributed by atoms with van der Waals surface area (Å²) in [5.41, 5.74) is 0. The molecule has 0 aliphatic heterocycles. The summed E-state index contributed by atoms with van der Waals surface area (Å²) in [5, 5.41) is 0. The SMILES string of the molecule is CCCCCCCC/C=C\CCCCCCCCCC(=O)OC[C@@H](COC(=O)CCCCCCCCCCC)OC(=O)CCCCCCCCCCCC. The second-order valence-electron chi connectivity index (χ2n) is 16.0. The van der Waals surface area contributed by atoms with Crippen LogP contribution in [0.5, 0.6) is 0 Å². The molecule has 1 atom stereocenters. The molecule has 6 nitrogen and oxygen atoms in total. The van der Waals surface area contributed by atoms with Crippen LogP contribution in [-0.2, 0) is 28.6 Å². The molecule has 0 N–H and O–H groups in total. The van der Waals surface area contributed by atoms with Crippen molar-refractivity contribution in [3.63, 3.8) is 0 Å². The molecule has 0 saturated heterocycles. The fraction of sp³-hybridized carbons (Fsp3) is 0.896. The zero-order valence-electron chi connectivity index (χ0n) is 36.3. The molecule has 318 valence electrons. The van der Waals surface area contributed by atoms with Crippen molar-refractivity contribution in [2.24, 2.45) is 0 Å². The van der Waals surface area contributed by atoms with E-state index in [4.69, 9.17) is 14.2 Å². The standard InChI is InChI=1S/C48H90O6/c1-4-7-10-13-16-19-21-22-23-24-25-26-27-30-32-35-38-41-47(50)53-44-45(43-52-46(49)40-37-34-31-28-18-15-12-9-6-3)54-48(51)42-39-36-33-29-20-17-14-11-8-5-2/h22-23,45H,4-21,24-44H2,1-3H3/b23-22-/t45-/m1/s1. The lowest BCUT2D eigenvalue weighted by Crippen LogP contribution is -2.30. The summed E-state index contributed by atoms with van der Waals surface area (Å²) in [4.78, 5) is 37.7. The number of rotatable bonds is 43. The van der Waals surface area contributed by atoms with Crippen LogP contribution < -0.4 is 0 Å². The van der Waals surface area contributed by atoms with Gasteiger partial charge in [0.1, 0.15) is 13.2 Å². The van der Waals surface area contributed by atoms with Gasteiger partial charge in [-0.05, 0) is 44.9 Å². The van der Waals surface area contributed by atoms with Gasteiger partial charge in [0.2, 0.25) is 0 Å². The summed E-state index contributed by atoms with van der Waals surface area (Å²) in [7, 11) is 0. The van der Waals surface area contributed by atoms with Crippen molar-refractivity contribution in [3.05, 3.63) is 12.2 Å². The molecule has 6 heteroatoms. The summed E-state index contributed by atoms with van der Waals surface area (Å²) in [6.07, 6.45) is 46.2. The maximum absolute atomic E-state index is 12.7. The second kappa shape index (κ2) is 43.9. The first-order valence-corrected chi connectivity index (χ1v) is 23.7. The summed E-state index contributed by atoms with van der Waals surface area (Å²) in [5.74, 6) is -0.866. The van der Waals surface area contributed by atoms with E-state index in [2.05, 4.69) is 32.9 Å². The van der Waals surface area contributed by atoms with Crippen LogP contribution in [0.15, 0.2) is 12.2 Å². The number of ether oxygens (including phenoxy) is 3. The van der Waals surface area contributed by atoms with Gasteiger partial charge in [0.25, 0.3) is 0 Å². The Morgan fingerprint density at radius 2 is 0.611 bits per heavy atom. The third-order valence-corrected chi connectivity index (χ3v) is 10.5. The fourth-order valence-electron chi connectivity index (χ4n) is 6.91. The number of hydrogen-bond acceptors (Lipinski definition) is 6. The average Bonchev–Trinajstić information content (AvgIpc) is 3.17. The van der Waals surface area contributed by atoms with Crippen LogP contribution in [0.4, 0.5) is 0 Å². The van der Waals surface area contributed by atoms with E-state index in [1.165, 1.54) is 161 Å². The van der Waals surface area contributed by atoms with Crippen LogP contribution in [0.2, 0.25) is 0 Å². The lowest BCUT2D eigenvalue weighted by atomic mass is 10.1. The molecule has 0 heterocycles. The summed E-state index contributed by atoms with van der Waals surface area (Å²) in [6.45, 7) is 6.61. The molecule has 0 spiro atoms. The average molecular weight is 763 g/mol. The first-order valence-electron chi connectivity index (χ1n) is 23.7. The Balaban J connectivity index is 4.26. The normalized spacial score (nSPS) is 12.0. The van der Waals surface area contributed by atoms with E-state index < -0.39 is 6.10 Å². The second-order valence-corrected chi connectivity index (χ2v) is 16.0. The molecule has 0 aromatic heterocycles. The van der Waals surface area contributed by atoms with Gasteiger partial charge in [-0.25, -0.2) is 0 Å². The molecule has 0 unspecified atom stereocenters. The Labute approximate surface area is 335 Å². The van der Waals surface area contributed by atoms with Crippen molar-refractivity contribution in [2.45, 2.75) is 264 Å². The minimum Gasteiger partial charge on any atom is -0.462 e. The molecule has 0 aliphatic rings. The molecule has 0 aromatic rings. The highest BCUT2D eigenvalue weighted by atomic mass is 16.6.